The molecule has 7 N–H and O–H groups in total. The molecule has 0 bridgehead atoms. The number of likely N-dealkylation sites (N-methyl/N-ethyl adjacent to an activating group) is 1. The van der Waals surface area contributed by atoms with Gasteiger partial charge in [-0.3, -0.25) is 29.0 Å². The molecule has 2 amide bonds. The maximum atomic E-state index is 14.1. The molecule has 4 atom stereocenters. The van der Waals surface area contributed by atoms with Crippen LogP contribution in [-0.4, -0.2) is 113 Å². The third kappa shape index (κ3) is 4.40. The lowest BCUT2D eigenvalue weighted by Crippen LogP contribution is -2.63. The summed E-state index contributed by atoms with van der Waals surface area (Å²) in [6, 6.07) is 0.829. The Hall–Kier alpha value is -3.94. The summed E-state index contributed by atoms with van der Waals surface area (Å²) in [5, 5.41) is 48.4. The van der Waals surface area contributed by atoms with E-state index in [0.717, 1.165) is 0 Å². The minimum atomic E-state index is -2.72. The van der Waals surface area contributed by atoms with Crippen LogP contribution in [0.1, 0.15) is 36.2 Å². The van der Waals surface area contributed by atoms with Crippen molar-refractivity contribution in [2.75, 3.05) is 51.5 Å². The van der Waals surface area contributed by atoms with E-state index >= 15 is 0 Å². The number of allylic oxidation sites excluding steroid dienone is 1. The minimum absolute atomic E-state index is 0.00802. The van der Waals surface area contributed by atoms with Crippen molar-refractivity contribution < 1.29 is 39.6 Å². The van der Waals surface area contributed by atoms with Crippen LogP contribution in [0.15, 0.2) is 28.7 Å². The number of aliphatic hydroxyl groups excluding tert-OH is 2. The van der Waals surface area contributed by atoms with Crippen LogP contribution in [0.2, 0.25) is 0 Å². The molecule has 1 aromatic rings. The summed E-state index contributed by atoms with van der Waals surface area (Å²) in [6.07, 6.45) is 0.141. The van der Waals surface area contributed by atoms with Crippen molar-refractivity contribution in [3.8, 4) is 5.75 Å². The van der Waals surface area contributed by atoms with Gasteiger partial charge in [0.1, 0.15) is 17.1 Å². The third-order valence-electron chi connectivity index (χ3n) is 9.45. The Morgan fingerprint density at radius 2 is 1.74 bits per heavy atom. The first-order chi connectivity index (χ1) is 20.0. The molecule has 1 fully saturated rings. The Labute approximate surface area is 249 Å². The Morgan fingerprint density at radius 1 is 1.12 bits per heavy atom. The van der Waals surface area contributed by atoms with E-state index in [4.69, 9.17) is 5.73 Å². The van der Waals surface area contributed by atoms with E-state index in [1.165, 1.54) is 4.90 Å². The first-order valence-corrected chi connectivity index (χ1v) is 14.3. The van der Waals surface area contributed by atoms with Crippen LogP contribution in [0.5, 0.6) is 5.75 Å². The summed E-state index contributed by atoms with van der Waals surface area (Å²) in [7, 11) is 6.67. The number of ketones is 2. The largest absolute Gasteiger partial charge is 0.510 e. The van der Waals surface area contributed by atoms with Gasteiger partial charge in [-0.2, -0.15) is 0 Å². The zero-order valence-corrected chi connectivity index (χ0v) is 25.1. The molecule has 232 valence electrons. The Morgan fingerprint density at radius 3 is 2.28 bits per heavy atom. The van der Waals surface area contributed by atoms with Gasteiger partial charge in [0.25, 0.3) is 5.91 Å². The van der Waals surface area contributed by atoms with Gasteiger partial charge in [-0.05, 0) is 58.3 Å². The van der Waals surface area contributed by atoms with E-state index < -0.39 is 63.8 Å². The normalized spacial score (nSPS) is 27.6. The van der Waals surface area contributed by atoms with Gasteiger partial charge in [-0.1, -0.05) is 0 Å². The quantitative estimate of drug-likeness (QED) is 0.197. The zero-order chi connectivity index (χ0) is 31.9. The number of Topliss-reactive ketones (excluding diaryl/α,β-unsaturated/α-hetero) is 2. The van der Waals surface area contributed by atoms with Crippen molar-refractivity contribution in [3.63, 3.8) is 0 Å². The van der Waals surface area contributed by atoms with Gasteiger partial charge in [-0.15, -0.1) is 0 Å². The van der Waals surface area contributed by atoms with Gasteiger partial charge < -0.3 is 36.4 Å². The molecule has 13 nitrogen and oxygen atoms in total. The SMILES string of the molecule is CC(C)N1CC(C(=O)Nc2cc(N(C)C)c3c(c2O)C(=O)C2=C(O)[C@]4(O)C(=O)C(C(N)=O)=C(O)[C@@H](N(C)C)[C@@H]4C[C@@H]2C3)C1. The van der Waals surface area contributed by atoms with Gasteiger partial charge in [0, 0.05) is 50.4 Å². The van der Waals surface area contributed by atoms with Crippen LogP contribution in [0.4, 0.5) is 11.4 Å². The summed E-state index contributed by atoms with van der Waals surface area (Å²) in [6.45, 7) is 5.20. The number of nitrogens with one attached hydrogen (secondary N) is 1. The first kappa shape index (κ1) is 30.5. The molecule has 0 radical (unpaired) electrons. The molecular weight excluding hydrogens is 558 g/mol. The average molecular weight is 598 g/mol. The van der Waals surface area contributed by atoms with Gasteiger partial charge in [-0.25, -0.2) is 0 Å². The highest BCUT2D eigenvalue weighted by molar-refractivity contribution is 6.25. The summed E-state index contributed by atoms with van der Waals surface area (Å²) < 4.78 is 0. The summed E-state index contributed by atoms with van der Waals surface area (Å²) in [5.41, 5.74) is 2.48. The highest BCUT2D eigenvalue weighted by Gasteiger charge is 2.63. The maximum Gasteiger partial charge on any atom is 0.255 e. The summed E-state index contributed by atoms with van der Waals surface area (Å²) in [5.74, 6) is -7.81. The van der Waals surface area contributed by atoms with E-state index in [2.05, 4.69) is 10.2 Å². The van der Waals surface area contributed by atoms with Gasteiger partial charge >= 0.3 is 0 Å². The number of phenols is 1. The molecule has 43 heavy (non-hydrogen) atoms. The number of carbonyl (C=O) groups is 4. The van der Waals surface area contributed by atoms with E-state index in [1.54, 1.807) is 39.2 Å². The topological polar surface area (TPSA) is 197 Å². The third-order valence-corrected chi connectivity index (χ3v) is 9.45. The number of aromatic hydroxyl groups is 1. The Balaban J connectivity index is 1.61. The summed E-state index contributed by atoms with van der Waals surface area (Å²) in [4.78, 5) is 58.2. The van der Waals surface area contributed by atoms with Crippen molar-refractivity contribution in [1.29, 1.82) is 0 Å². The molecule has 3 aliphatic carbocycles. The monoisotopic (exact) mass is 597 g/mol. The van der Waals surface area contributed by atoms with Crippen LogP contribution in [0, 0.1) is 17.8 Å². The number of likely N-dealkylation sites (tertiary alicyclic amines) is 1. The molecule has 5 rings (SSSR count). The van der Waals surface area contributed by atoms with Gasteiger partial charge in [0.15, 0.2) is 17.1 Å². The van der Waals surface area contributed by atoms with Crippen LogP contribution in [0.3, 0.4) is 0 Å². The van der Waals surface area contributed by atoms with E-state index in [0.29, 0.717) is 30.4 Å². The fourth-order valence-corrected chi connectivity index (χ4v) is 7.13. The lowest BCUT2D eigenvalue weighted by atomic mass is 9.58. The lowest BCUT2D eigenvalue weighted by Gasteiger charge is -2.50. The molecule has 1 aromatic carbocycles. The smallest absolute Gasteiger partial charge is 0.255 e. The number of rotatable bonds is 6. The Bertz CT molecular complexity index is 1510. The highest BCUT2D eigenvalue weighted by atomic mass is 16.3. The molecular formula is C30H39N5O8. The number of nitrogens with zero attached hydrogens (tertiary/aromatic N) is 3. The fraction of sp³-hybridized carbons (Fsp3) is 0.533. The lowest BCUT2D eigenvalue weighted by molar-refractivity contribution is -0.148. The number of primary amides is 1. The standard InChI is InChI=1S/C30H39N5O8/c1-12(2)35-10-14(11-35)29(42)32-17-9-18(33(3)4)15-7-13-8-16-22(34(5)6)25(38)21(28(31)41)27(40)30(16,43)26(39)19(13)24(37)20(15)23(17)36/h9,12-14,16,22,36,38-39,43H,7-8,10-11H2,1-6H3,(H2,31,41)(H,32,42)/t13-,16-,22-,30-/m0/s1. The molecule has 0 aromatic heterocycles. The molecule has 0 saturated carbocycles. The fourth-order valence-electron chi connectivity index (χ4n) is 7.13. The van der Waals surface area contributed by atoms with Crippen LogP contribution in [0.25, 0.3) is 0 Å². The highest BCUT2D eigenvalue weighted by Crippen LogP contribution is 2.54. The maximum absolute atomic E-state index is 14.1. The van der Waals surface area contributed by atoms with Crippen molar-refractivity contribution in [3.05, 3.63) is 39.9 Å². The number of hydrogen-bond donors (Lipinski definition) is 6. The Kier molecular flexibility index (Phi) is 7.35. The van der Waals surface area contributed by atoms with Crippen LogP contribution < -0.4 is 16.0 Å². The number of hydrogen-bond acceptors (Lipinski definition) is 11. The molecule has 0 spiro atoms. The van der Waals surface area contributed by atoms with E-state index in [-0.39, 0.29) is 41.5 Å². The number of nitrogens with two attached hydrogens (primary N) is 1. The van der Waals surface area contributed by atoms with Crippen LogP contribution in [-0.2, 0) is 20.8 Å². The van der Waals surface area contributed by atoms with E-state index in [1.807, 2.05) is 13.8 Å². The average Bonchev–Trinajstić information content (AvgIpc) is 2.86. The number of benzene rings is 1. The predicted molar refractivity (Wildman–Crippen MR) is 157 cm³/mol. The predicted octanol–water partition coefficient (Wildman–Crippen LogP) is 0.465. The number of phenolic OH excluding ortho intramolecular Hbond substituents is 1. The van der Waals surface area contributed by atoms with Crippen molar-refractivity contribution >= 4 is 34.8 Å². The summed E-state index contributed by atoms with van der Waals surface area (Å²) >= 11 is 0. The second-order valence-corrected chi connectivity index (χ2v) is 12.7. The molecule has 1 heterocycles. The zero-order valence-electron chi connectivity index (χ0n) is 25.1. The minimum Gasteiger partial charge on any atom is -0.510 e. The van der Waals surface area contributed by atoms with Gasteiger partial charge in [0.05, 0.1) is 23.2 Å². The van der Waals surface area contributed by atoms with Crippen molar-refractivity contribution in [2.45, 2.75) is 44.4 Å². The number of amides is 2. The van der Waals surface area contributed by atoms with Gasteiger partial charge in [0.2, 0.25) is 11.7 Å². The number of fused-ring (bicyclic) bond motifs is 3. The second-order valence-electron chi connectivity index (χ2n) is 12.7. The van der Waals surface area contributed by atoms with Crippen molar-refractivity contribution in [2.24, 2.45) is 23.5 Å². The molecule has 1 aliphatic heterocycles. The first-order valence-electron chi connectivity index (χ1n) is 14.3. The molecule has 4 aliphatic rings. The molecule has 13 heteroatoms. The molecule has 0 unspecified atom stereocenters. The number of carbonyl (C=O) groups excluding carboxylic acids is 4. The van der Waals surface area contributed by atoms with E-state index in [9.17, 15) is 39.6 Å². The number of anilines is 2. The number of aliphatic hydroxyl groups is 3. The molecule has 1 saturated heterocycles. The van der Waals surface area contributed by atoms with Crippen LogP contribution >= 0.6 is 0 Å². The second kappa shape index (κ2) is 10.4. The van der Waals surface area contributed by atoms with Crippen molar-refractivity contribution in [1.82, 2.24) is 9.80 Å².